The van der Waals surface area contributed by atoms with Crippen LogP contribution in [0.1, 0.15) is 11.1 Å². The van der Waals surface area contributed by atoms with Crippen LogP contribution in [0.3, 0.4) is 0 Å². The van der Waals surface area contributed by atoms with Crippen molar-refractivity contribution < 1.29 is 14.3 Å². The minimum Gasteiger partial charge on any atom is -0.486 e. The molecule has 2 aromatic carbocycles. The standard InChI is InChI=1S/C21H21N3O3/c1-23(14-16-7-8-19-20(11-16)27-10-9-26-19)21(25)12-17-13-22-24(15-17)18-5-3-2-4-6-18/h2-8,11,13,15H,9-10,12,14H2,1H3. The molecule has 1 aliphatic heterocycles. The first-order valence-corrected chi connectivity index (χ1v) is 8.90. The van der Waals surface area contributed by atoms with Gasteiger partial charge in [0.1, 0.15) is 13.2 Å². The number of aromatic nitrogens is 2. The normalized spacial score (nSPS) is 12.6. The van der Waals surface area contributed by atoms with Crippen molar-refractivity contribution in [2.24, 2.45) is 0 Å². The van der Waals surface area contributed by atoms with E-state index in [0.29, 0.717) is 26.2 Å². The van der Waals surface area contributed by atoms with Gasteiger partial charge in [-0.1, -0.05) is 24.3 Å². The van der Waals surface area contributed by atoms with Gasteiger partial charge in [-0.2, -0.15) is 5.10 Å². The molecule has 1 amide bonds. The minimum absolute atomic E-state index is 0.0394. The lowest BCUT2D eigenvalue weighted by Gasteiger charge is -2.21. The smallest absolute Gasteiger partial charge is 0.227 e. The molecule has 3 aromatic rings. The quantitative estimate of drug-likeness (QED) is 0.699. The van der Waals surface area contributed by atoms with Crippen molar-refractivity contribution in [1.82, 2.24) is 14.7 Å². The fourth-order valence-electron chi connectivity index (χ4n) is 3.03. The number of carbonyl (C=O) groups is 1. The highest BCUT2D eigenvalue weighted by atomic mass is 16.6. The van der Waals surface area contributed by atoms with Gasteiger partial charge < -0.3 is 14.4 Å². The van der Waals surface area contributed by atoms with Crippen LogP contribution < -0.4 is 9.47 Å². The van der Waals surface area contributed by atoms with Crippen LogP contribution in [-0.4, -0.2) is 40.8 Å². The van der Waals surface area contributed by atoms with Gasteiger partial charge in [-0.15, -0.1) is 0 Å². The van der Waals surface area contributed by atoms with E-state index in [-0.39, 0.29) is 5.91 Å². The van der Waals surface area contributed by atoms with Crippen molar-refractivity contribution in [3.05, 3.63) is 72.1 Å². The Morgan fingerprint density at radius 1 is 1.07 bits per heavy atom. The summed E-state index contributed by atoms with van der Waals surface area (Å²) >= 11 is 0. The number of benzene rings is 2. The number of fused-ring (bicyclic) bond motifs is 1. The minimum atomic E-state index is 0.0394. The molecule has 0 spiro atoms. The number of hydrogen-bond donors (Lipinski definition) is 0. The van der Waals surface area contributed by atoms with Gasteiger partial charge in [0.15, 0.2) is 11.5 Å². The molecule has 0 saturated carbocycles. The van der Waals surface area contributed by atoms with Crippen LogP contribution in [0.15, 0.2) is 60.9 Å². The zero-order chi connectivity index (χ0) is 18.6. The van der Waals surface area contributed by atoms with Crippen molar-refractivity contribution in [2.45, 2.75) is 13.0 Å². The summed E-state index contributed by atoms with van der Waals surface area (Å²) in [5.74, 6) is 1.54. The Balaban J connectivity index is 1.39. The number of ether oxygens (including phenoxy) is 2. The van der Waals surface area contributed by atoms with Crippen LogP contribution in [-0.2, 0) is 17.8 Å². The Morgan fingerprint density at radius 3 is 2.67 bits per heavy atom. The Kier molecular flexibility index (Phi) is 4.78. The summed E-state index contributed by atoms with van der Waals surface area (Å²) in [5, 5.41) is 4.35. The lowest BCUT2D eigenvalue weighted by atomic mass is 10.1. The molecule has 27 heavy (non-hydrogen) atoms. The van der Waals surface area contributed by atoms with E-state index in [1.54, 1.807) is 22.8 Å². The van der Waals surface area contributed by atoms with E-state index in [0.717, 1.165) is 28.3 Å². The van der Waals surface area contributed by atoms with Gasteiger partial charge in [-0.25, -0.2) is 4.68 Å². The second kappa shape index (κ2) is 7.53. The number of nitrogens with zero attached hydrogens (tertiary/aromatic N) is 3. The van der Waals surface area contributed by atoms with Gasteiger partial charge in [0.05, 0.1) is 18.3 Å². The second-order valence-electron chi connectivity index (χ2n) is 6.53. The van der Waals surface area contributed by atoms with Crippen LogP contribution in [0.5, 0.6) is 11.5 Å². The molecule has 0 radical (unpaired) electrons. The van der Waals surface area contributed by atoms with E-state index < -0.39 is 0 Å². The van der Waals surface area contributed by atoms with Crippen molar-refractivity contribution in [2.75, 3.05) is 20.3 Å². The fourth-order valence-corrected chi connectivity index (χ4v) is 3.03. The molecule has 0 atom stereocenters. The summed E-state index contributed by atoms with van der Waals surface area (Å²) in [7, 11) is 1.81. The highest BCUT2D eigenvalue weighted by Gasteiger charge is 2.15. The topological polar surface area (TPSA) is 56.6 Å². The predicted octanol–water partition coefficient (Wildman–Crippen LogP) is 2.84. The predicted molar refractivity (Wildman–Crippen MR) is 101 cm³/mol. The number of carbonyl (C=O) groups excluding carboxylic acids is 1. The second-order valence-corrected chi connectivity index (χ2v) is 6.53. The third kappa shape index (κ3) is 3.95. The number of para-hydroxylation sites is 1. The van der Waals surface area contributed by atoms with Gasteiger partial charge in [0.25, 0.3) is 0 Å². The maximum atomic E-state index is 12.6. The van der Waals surface area contributed by atoms with Gasteiger partial charge in [-0.3, -0.25) is 4.79 Å². The molecule has 6 heteroatoms. The van der Waals surface area contributed by atoms with E-state index in [1.807, 2.05) is 54.7 Å². The number of rotatable bonds is 5. The largest absolute Gasteiger partial charge is 0.486 e. The third-order valence-corrected chi connectivity index (χ3v) is 4.46. The molecule has 1 aliphatic rings. The molecule has 0 unspecified atom stereocenters. The fraction of sp³-hybridized carbons (Fsp3) is 0.238. The Labute approximate surface area is 157 Å². The van der Waals surface area contributed by atoms with Crippen LogP contribution >= 0.6 is 0 Å². The first-order valence-electron chi connectivity index (χ1n) is 8.90. The molecule has 2 heterocycles. The van der Waals surface area contributed by atoms with Crippen molar-refractivity contribution in [3.8, 4) is 17.2 Å². The molecule has 0 saturated heterocycles. The number of hydrogen-bond acceptors (Lipinski definition) is 4. The van der Waals surface area contributed by atoms with Gasteiger partial charge in [-0.05, 0) is 35.4 Å². The monoisotopic (exact) mass is 363 g/mol. The molecule has 138 valence electrons. The third-order valence-electron chi connectivity index (χ3n) is 4.46. The highest BCUT2D eigenvalue weighted by Crippen LogP contribution is 2.31. The van der Waals surface area contributed by atoms with E-state index in [2.05, 4.69) is 5.10 Å². The molecule has 0 bridgehead atoms. The molecule has 1 aromatic heterocycles. The first-order chi connectivity index (χ1) is 13.2. The summed E-state index contributed by atoms with van der Waals surface area (Å²) in [4.78, 5) is 14.3. The molecule has 0 N–H and O–H groups in total. The Morgan fingerprint density at radius 2 is 1.85 bits per heavy atom. The lowest BCUT2D eigenvalue weighted by Crippen LogP contribution is -2.27. The maximum absolute atomic E-state index is 12.6. The van der Waals surface area contributed by atoms with Gasteiger partial charge in [0, 0.05) is 19.8 Å². The van der Waals surface area contributed by atoms with Gasteiger partial charge >= 0.3 is 0 Å². The zero-order valence-corrected chi connectivity index (χ0v) is 15.2. The molecule has 0 fully saturated rings. The molecular weight excluding hydrogens is 342 g/mol. The Bertz CT molecular complexity index is 937. The van der Waals surface area contributed by atoms with Crippen LogP contribution in [0, 0.1) is 0 Å². The van der Waals surface area contributed by atoms with Crippen LogP contribution in [0.4, 0.5) is 0 Å². The summed E-state index contributed by atoms with van der Waals surface area (Å²) in [6.07, 6.45) is 3.95. The SMILES string of the molecule is CN(Cc1ccc2c(c1)OCCO2)C(=O)Cc1cnn(-c2ccccc2)c1. The summed E-state index contributed by atoms with van der Waals surface area (Å²) < 4.78 is 12.9. The van der Waals surface area contributed by atoms with Crippen molar-refractivity contribution >= 4 is 5.91 Å². The molecular formula is C21H21N3O3. The van der Waals surface area contributed by atoms with E-state index in [1.165, 1.54) is 0 Å². The summed E-state index contributed by atoms with van der Waals surface area (Å²) in [6.45, 7) is 1.64. The number of likely N-dealkylation sites (N-methyl/N-ethyl adjacent to an activating group) is 1. The maximum Gasteiger partial charge on any atom is 0.227 e. The Hall–Kier alpha value is -3.28. The molecule has 6 nitrogen and oxygen atoms in total. The van der Waals surface area contributed by atoms with Crippen LogP contribution in [0.2, 0.25) is 0 Å². The molecule has 0 aliphatic carbocycles. The first kappa shape index (κ1) is 17.1. The highest BCUT2D eigenvalue weighted by molar-refractivity contribution is 5.78. The van der Waals surface area contributed by atoms with E-state index >= 15 is 0 Å². The average Bonchev–Trinajstić information content (AvgIpc) is 3.17. The van der Waals surface area contributed by atoms with Crippen LogP contribution in [0.25, 0.3) is 5.69 Å². The van der Waals surface area contributed by atoms with Crippen molar-refractivity contribution in [1.29, 1.82) is 0 Å². The van der Waals surface area contributed by atoms with E-state index in [9.17, 15) is 4.79 Å². The molecule has 4 rings (SSSR count). The lowest BCUT2D eigenvalue weighted by molar-refractivity contribution is -0.129. The van der Waals surface area contributed by atoms with Gasteiger partial charge in [0.2, 0.25) is 5.91 Å². The summed E-state index contributed by atoms with van der Waals surface area (Å²) in [6, 6.07) is 15.6. The summed E-state index contributed by atoms with van der Waals surface area (Å²) in [5.41, 5.74) is 2.87. The number of amides is 1. The zero-order valence-electron chi connectivity index (χ0n) is 15.2. The van der Waals surface area contributed by atoms with E-state index in [4.69, 9.17) is 9.47 Å². The van der Waals surface area contributed by atoms with Crippen molar-refractivity contribution in [3.63, 3.8) is 0 Å². The average molecular weight is 363 g/mol.